The second kappa shape index (κ2) is 7.93. The number of tetrazole rings is 1. The van der Waals surface area contributed by atoms with Gasteiger partial charge in [-0.05, 0) is 41.0 Å². The topological polar surface area (TPSA) is 121 Å². The molecule has 1 atom stereocenters. The number of amides is 1. The lowest BCUT2D eigenvalue weighted by molar-refractivity contribution is -0.127. The van der Waals surface area contributed by atoms with Gasteiger partial charge in [0.1, 0.15) is 17.7 Å². The third kappa shape index (κ3) is 3.52. The zero-order valence-electron chi connectivity index (χ0n) is 17.6. The van der Waals surface area contributed by atoms with E-state index in [-0.39, 0.29) is 12.3 Å². The Morgan fingerprint density at radius 1 is 1.06 bits per heavy atom. The Hall–Kier alpha value is -3.98. The Balaban J connectivity index is 1.46. The number of fused-ring (bicyclic) bond motifs is 1. The highest BCUT2D eigenvalue weighted by Gasteiger charge is 2.34. The molecule has 1 unspecified atom stereocenters. The van der Waals surface area contributed by atoms with E-state index < -0.39 is 6.10 Å². The molecule has 1 aliphatic rings. The molecule has 2 aromatic heterocycles. The van der Waals surface area contributed by atoms with Crippen molar-refractivity contribution in [2.45, 2.75) is 32.9 Å². The summed E-state index contributed by atoms with van der Waals surface area (Å²) in [5, 5.41) is 24.5. The number of aromatic nitrogens is 6. The Kier molecular flexibility index (Phi) is 4.95. The number of aliphatic hydroxyl groups excluding tert-OH is 1. The van der Waals surface area contributed by atoms with Crippen LogP contribution in [0, 0.1) is 13.8 Å². The third-order valence-electron chi connectivity index (χ3n) is 5.64. The Morgan fingerprint density at radius 2 is 1.81 bits per heavy atom. The fourth-order valence-corrected chi connectivity index (χ4v) is 4.08. The first-order chi connectivity index (χ1) is 15.5. The van der Waals surface area contributed by atoms with E-state index in [9.17, 15) is 9.90 Å². The molecule has 0 spiro atoms. The molecule has 160 valence electrons. The zero-order chi connectivity index (χ0) is 22.2. The van der Waals surface area contributed by atoms with E-state index in [4.69, 9.17) is 0 Å². The van der Waals surface area contributed by atoms with Crippen LogP contribution in [0.3, 0.4) is 0 Å². The normalized spacial score (nSPS) is 15.7. The summed E-state index contributed by atoms with van der Waals surface area (Å²) in [5.41, 5.74) is 5.42. The first-order valence-corrected chi connectivity index (χ1v) is 10.3. The third-order valence-corrected chi connectivity index (χ3v) is 5.64. The van der Waals surface area contributed by atoms with Crippen molar-refractivity contribution in [1.29, 1.82) is 0 Å². The molecule has 2 aromatic carbocycles. The van der Waals surface area contributed by atoms with E-state index in [2.05, 4.69) is 30.6 Å². The molecule has 1 aliphatic heterocycles. The number of H-pyrrole nitrogens is 1. The fraction of sp³-hybridized carbons (Fsp3) is 0.217. The minimum absolute atomic E-state index is 0.239. The van der Waals surface area contributed by atoms with Crippen LogP contribution < -0.4 is 4.90 Å². The number of nitrogens with zero attached hydrogens (tertiary/aromatic N) is 6. The van der Waals surface area contributed by atoms with Crippen LogP contribution in [-0.2, 0) is 17.8 Å². The first kappa shape index (κ1) is 20.0. The van der Waals surface area contributed by atoms with Crippen LogP contribution in [0.5, 0.6) is 0 Å². The van der Waals surface area contributed by atoms with Gasteiger partial charge < -0.3 is 5.11 Å². The van der Waals surface area contributed by atoms with Crippen LogP contribution >= 0.6 is 0 Å². The van der Waals surface area contributed by atoms with Crippen molar-refractivity contribution in [2.24, 2.45) is 0 Å². The number of aryl methyl sites for hydroxylation is 2. The van der Waals surface area contributed by atoms with Crippen LogP contribution in [0.25, 0.3) is 22.5 Å². The van der Waals surface area contributed by atoms with Gasteiger partial charge in [0.2, 0.25) is 0 Å². The van der Waals surface area contributed by atoms with Gasteiger partial charge >= 0.3 is 0 Å². The largest absolute Gasteiger partial charge is 0.383 e. The number of benzene rings is 2. The van der Waals surface area contributed by atoms with Crippen LogP contribution in [0.15, 0.2) is 48.5 Å². The van der Waals surface area contributed by atoms with Gasteiger partial charge in [-0.2, -0.15) is 0 Å². The zero-order valence-corrected chi connectivity index (χ0v) is 17.6. The molecular weight excluding hydrogens is 406 g/mol. The van der Waals surface area contributed by atoms with Gasteiger partial charge in [-0.3, -0.25) is 9.69 Å². The number of hydrogen-bond donors (Lipinski definition) is 2. The number of hydrogen-bond acceptors (Lipinski definition) is 7. The summed E-state index contributed by atoms with van der Waals surface area (Å²) in [6.45, 7) is 3.99. The second-order valence-corrected chi connectivity index (χ2v) is 7.80. The van der Waals surface area contributed by atoms with Gasteiger partial charge in [-0.15, -0.1) is 5.10 Å². The summed E-state index contributed by atoms with van der Waals surface area (Å²) in [4.78, 5) is 23.2. The quantitative estimate of drug-likeness (QED) is 0.513. The predicted octanol–water partition coefficient (Wildman–Crippen LogP) is 2.39. The summed E-state index contributed by atoms with van der Waals surface area (Å²) in [7, 11) is 0. The van der Waals surface area contributed by atoms with E-state index in [1.165, 1.54) is 0 Å². The maximum atomic E-state index is 12.8. The standard InChI is InChI=1S/C23H21N7O2/c1-13-19-11-20(31)23(32)30(22(19)25-14(2)24-13)12-15-7-9-16(10-8-15)17-5-3-4-6-18(17)21-26-28-29-27-21/h3-10,20,31H,11-12H2,1-2H3,(H,26,27,28,29). The van der Waals surface area contributed by atoms with E-state index in [0.717, 1.165) is 33.5 Å². The molecule has 0 saturated heterocycles. The summed E-state index contributed by atoms with van der Waals surface area (Å²) in [6, 6.07) is 15.8. The number of aliphatic hydroxyl groups is 1. The number of aromatic amines is 1. The molecule has 0 bridgehead atoms. The Labute approximate surface area is 184 Å². The molecule has 0 fully saturated rings. The van der Waals surface area contributed by atoms with Crippen molar-refractivity contribution < 1.29 is 9.90 Å². The summed E-state index contributed by atoms with van der Waals surface area (Å²) >= 11 is 0. The highest BCUT2D eigenvalue weighted by molar-refractivity contribution is 5.98. The molecule has 9 nitrogen and oxygen atoms in total. The van der Waals surface area contributed by atoms with Crippen molar-refractivity contribution in [3.8, 4) is 22.5 Å². The SMILES string of the molecule is Cc1nc(C)c2c(n1)N(Cc1ccc(-c3ccccc3-c3nnn[nH]3)cc1)C(=O)C(O)C2. The van der Waals surface area contributed by atoms with Crippen molar-refractivity contribution in [1.82, 2.24) is 30.6 Å². The molecule has 2 N–H and O–H groups in total. The number of rotatable bonds is 4. The van der Waals surface area contributed by atoms with Crippen LogP contribution in [0.1, 0.15) is 22.6 Å². The summed E-state index contributed by atoms with van der Waals surface area (Å²) in [5.74, 6) is 1.43. The van der Waals surface area contributed by atoms with Crippen molar-refractivity contribution in [2.75, 3.05) is 4.90 Å². The van der Waals surface area contributed by atoms with Gasteiger partial charge in [0.05, 0.1) is 6.54 Å². The van der Waals surface area contributed by atoms with Gasteiger partial charge in [-0.25, -0.2) is 15.1 Å². The van der Waals surface area contributed by atoms with E-state index in [1.807, 2.05) is 55.5 Å². The highest BCUT2D eigenvalue weighted by atomic mass is 16.3. The maximum Gasteiger partial charge on any atom is 0.257 e. The monoisotopic (exact) mass is 427 g/mol. The molecular formula is C23H21N7O2. The lowest BCUT2D eigenvalue weighted by Gasteiger charge is -2.32. The fourth-order valence-electron chi connectivity index (χ4n) is 4.08. The molecule has 0 saturated carbocycles. The van der Waals surface area contributed by atoms with Crippen molar-refractivity contribution in [3.63, 3.8) is 0 Å². The highest BCUT2D eigenvalue weighted by Crippen LogP contribution is 2.32. The molecule has 4 aromatic rings. The maximum absolute atomic E-state index is 12.8. The molecule has 32 heavy (non-hydrogen) atoms. The van der Waals surface area contributed by atoms with Gasteiger partial charge in [0.15, 0.2) is 5.82 Å². The van der Waals surface area contributed by atoms with E-state index in [0.29, 0.717) is 24.0 Å². The molecule has 1 amide bonds. The van der Waals surface area contributed by atoms with Gasteiger partial charge in [-0.1, -0.05) is 48.5 Å². The first-order valence-electron chi connectivity index (χ1n) is 10.3. The predicted molar refractivity (Wildman–Crippen MR) is 117 cm³/mol. The van der Waals surface area contributed by atoms with Gasteiger partial charge in [0, 0.05) is 23.2 Å². The average Bonchev–Trinajstić information content (AvgIpc) is 3.33. The number of carbonyl (C=O) groups excluding carboxylic acids is 1. The Morgan fingerprint density at radius 3 is 2.53 bits per heavy atom. The van der Waals surface area contributed by atoms with E-state index in [1.54, 1.807) is 11.8 Å². The minimum atomic E-state index is -1.09. The van der Waals surface area contributed by atoms with Crippen LogP contribution in [-0.4, -0.2) is 47.7 Å². The van der Waals surface area contributed by atoms with E-state index >= 15 is 0 Å². The molecule has 5 rings (SSSR count). The molecule has 3 heterocycles. The summed E-state index contributed by atoms with van der Waals surface area (Å²) in [6.07, 6.45) is -0.850. The van der Waals surface area contributed by atoms with Crippen LogP contribution in [0.4, 0.5) is 5.82 Å². The van der Waals surface area contributed by atoms with Gasteiger partial charge in [0.25, 0.3) is 5.91 Å². The summed E-state index contributed by atoms with van der Waals surface area (Å²) < 4.78 is 0. The lowest BCUT2D eigenvalue weighted by Crippen LogP contribution is -2.45. The Bertz CT molecular complexity index is 1290. The van der Waals surface area contributed by atoms with Crippen molar-refractivity contribution >= 4 is 11.7 Å². The molecule has 0 radical (unpaired) electrons. The number of nitrogens with one attached hydrogen (secondary N) is 1. The number of anilines is 1. The number of carbonyl (C=O) groups is 1. The lowest BCUT2D eigenvalue weighted by atomic mass is 9.97. The smallest absolute Gasteiger partial charge is 0.257 e. The minimum Gasteiger partial charge on any atom is -0.383 e. The average molecular weight is 427 g/mol. The van der Waals surface area contributed by atoms with Crippen LogP contribution in [0.2, 0.25) is 0 Å². The van der Waals surface area contributed by atoms with Crippen molar-refractivity contribution in [3.05, 3.63) is 71.2 Å². The molecule has 9 heteroatoms. The molecule has 0 aliphatic carbocycles. The second-order valence-electron chi connectivity index (χ2n) is 7.80.